The van der Waals surface area contributed by atoms with Crippen LogP contribution in [0.15, 0.2) is 12.1 Å². The highest BCUT2D eigenvalue weighted by Crippen LogP contribution is 2.21. The largest absolute Gasteiger partial charge is 0.463 e. The van der Waals surface area contributed by atoms with Gasteiger partial charge in [-0.15, -0.1) is 11.3 Å². The molecule has 1 aromatic heterocycles. The molecule has 1 rings (SSSR count). The fourth-order valence-electron chi connectivity index (χ4n) is 1.16. The average Bonchev–Trinajstić information content (AvgIpc) is 2.42. The van der Waals surface area contributed by atoms with Crippen LogP contribution in [0.3, 0.4) is 0 Å². The normalized spacial score (nSPS) is 10.8. The van der Waals surface area contributed by atoms with Crippen molar-refractivity contribution in [2.24, 2.45) is 0 Å². The number of esters is 1. The molecule has 0 spiro atoms. The lowest BCUT2D eigenvalue weighted by Gasteiger charge is -1.94. The highest BCUT2D eigenvalue weighted by Gasteiger charge is 2.00. The summed E-state index contributed by atoms with van der Waals surface area (Å²) in [7, 11) is 0. The Bertz CT molecular complexity index is 350. The summed E-state index contributed by atoms with van der Waals surface area (Å²) in [5, 5.41) is 0. The Labute approximate surface area is 88.2 Å². The van der Waals surface area contributed by atoms with Crippen molar-refractivity contribution >= 4 is 23.4 Å². The summed E-state index contributed by atoms with van der Waals surface area (Å²) < 4.78 is 4.79. The Hall–Kier alpha value is -1.09. The van der Waals surface area contributed by atoms with Gasteiger partial charge in [0.05, 0.1) is 6.61 Å². The Morgan fingerprint density at radius 2 is 2.29 bits per heavy atom. The molecule has 1 heterocycles. The van der Waals surface area contributed by atoms with E-state index in [1.807, 2.05) is 6.92 Å². The van der Waals surface area contributed by atoms with Crippen molar-refractivity contribution in [2.45, 2.75) is 20.8 Å². The first-order valence-electron chi connectivity index (χ1n) is 4.55. The number of carbonyl (C=O) groups is 1. The molecule has 0 aliphatic carbocycles. The first-order chi connectivity index (χ1) is 6.63. The molecule has 0 radical (unpaired) electrons. The van der Waals surface area contributed by atoms with Crippen LogP contribution in [-0.4, -0.2) is 12.6 Å². The predicted molar refractivity (Wildman–Crippen MR) is 59.5 cm³/mol. The predicted octanol–water partition coefficient (Wildman–Crippen LogP) is 2.94. The molecule has 0 saturated heterocycles. The summed E-state index contributed by atoms with van der Waals surface area (Å²) >= 11 is 1.73. The van der Waals surface area contributed by atoms with Crippen molar-refractivity contribution < 1.29 is 9.53 Å². The van der Waals surface area contributed by atoms with E-state index in [1.165, 1.54) is 15.8 Å². The second-order valence-electron chi connectivity index (χ2n) is 2.95. The Balaban J connectivity index is 2.68. The topological polar surface area (TPSA) is 26.3 Å². The smallest absolute Gasteiger partial charge is 0.330 e. The number of thiophene rings is 1. The fourth-order valence-corrected chi connectivity index (χ4v) is 2.08. The van der Waals surface area contributed by atoms with Gasteiger partial charge in [0.15, 0.2) is 0 Å². The minimum Gasteiger partial charge on any atom is -0.463 e. The molecule has 0 amide bonds. The lowest BCUT2D eigenvalue weighted by Crippen LogP contribution is -1.98. The maximum absolute atomic E-state index is 11.0. The molecule has 0 atom stereocenters. The Morgan fingerprint density at radius 3 is 2.79 bits per heavy atom. The Morgan fingerprint density at radius 1 is 1.57 bits per heavy atom. The first-order valence-corrected chi connectivity index (χ1v) is 5.37. The van der Waals surface area contributed by atoms with E-state index in [1.54, 1.807) is 24.3 Å². The third-order valence-corrected chi connectivity index (χ3v) is 2.75. The molecule has 3 heteroatoms. The van der Waals surface area contributed by atoms with Gasteiger partial charge in [0.1, 0.15) is 0 Å². The van der Waals surface area contributed by atoms with Gasteiger partial charge in [-0.25, -0.2) is 4.79 Å². The maximum atomic E-state index is 11.0. The summed E-state index contributed by atoms with van der Waals surface area (Å²) in [6, 6.07) is 2.07. The van der Waals surface area contributed by atoms with Crippen LogP contribution < -0.4 is 0 Å². The molecule has 1 aromatic rings. The average molecular weight is 210 g/mol. The van der Waals surface area contributed by atoms with Crippen LogP contribution in [0.4, 0.5) is 0 Å². The molecule has 0 bridgehead atoms. The zero-order valence-corrected chi connectivity index (χ0v) is 9.48. The summed E-state index contributed by atoms with van der Waals surface area (Å²) in [4.78, 5) is 13.5. The molecule has 0 saturated carbocycles. The molecule has 0 unspecified atom stereocenters. The van der Waals surface area contributed by atoms with E-state index in [4.69, 9.17) is 4.74 Å². The zero-order valence-electron chi connectivity index (χ0n) is 8.66. The number of rotatable bonds is 3. The van der Waals surface area contributed by atoms with Crippen LogP contribution in [0, 0.1) is 13.8 Å². The molecule has 0 fully saturated rings. The second kappa shape index (κ2) is 4.96. The van der Waals surface area contributed by atoms with E-state index in [2.05, 4.69) is 13.0 Å². The van der Waals surface area contributed by atoms with Gasteiger partial charge in [0, 0.05) is 15.8 Å². The molecule has 0 aliphatic heterocycles. The number of aryl methyl sites for hydroxylation is 2. The van der Waals surface area contributed by atoms with E-state index >= 15 is 0 Å². The zero-order chi connectivity index (χ0) is 10.6. The minimum atomic E-state index is -0.282. The van der Waals surface area contributed by atoms with Crippen LogP contribution in [-0.2, 0) is 9.53 Å². The van der Waals surface area contributed by atoms with E-state index in [-0.39, 0.29) is 5.97 Å². The maximum Gasteiger partial charge on any atom is 0.330 e. The summed E-state index contributed by atoms with van der Waals surface area (Å²) in [6.07, 6.45) is 3.27. The molecule has 0 N–H and O–H groups in total. The van der Waals surface area contributed by atoms with Gasteiger partial charge in [-0.1, -0.05) is 0 Å². The first kappa shape index (κ1) is 11.0. The van der Waals surface area contributed by atoms with Crippen molar-refractivity contribution in [3.8, 4) is 0 Å². The van der Waals surface area contributed by atoms with Crippen LogP contribution in [0.5, 0.6) is 0 Å². The Kier molecular flexibility index (Phi) is 3.89. The van der Waals surface area contributed by atoms with Gasteiger partial charge < -0.3 is 4.74 Å². The fraction of sp³-hybridized carbons (Fsp3) is 0.364. The van der Waals surface area contributed by atoms with E-state index in [0.29, 0.717) is 6.61 Å². The van der Waals surface area contributed by atoms with Crippen LogP contribution in [0.25, 0.3) is 6.08 Å². The third-order valence-electron chi connectivity index (χ3n) is 1.76. The lowest BCUT2D eigenvalue weighted by atomic mass is 10.2. The number of carbonyl (C=O) groups excluding carboxylic acids is 1. The van der Waals surface area contributed by atoms with Gasteiger partial charge in [0.2, 0.25) is 0 Å². The number of ether oxygens (including phenoxy) is 1. The third kappa shape index (κ3) is 3.00. The molecule has 76 valence electrons. The quantitative estimate of drug-likeness (QED) is 0.566. The number of hydrogen-bond acceptors (Lipinski definition) is 3. The molecule has 0 aliphatic rings. The minimum absolute atomic E-state index is 0.282. The molecule has 0 aromatic carbocycles. The second-order valence-corrected chi connectivity index (χ2v) is 4.41. The van der Waals surface area contributed by atoms with Crippen LogP contribution in [0.1, 0.15) is 22.2 Å². The van der Waals surface area contributed by atoms with Crippen molar-refractivity contribution in [2.75, 3.05) is 6.61 Å². The van der Waals surface area contributed by atoms with Crippen LogP contribution >= 0.6 is 11.3 Å². The van der Waals surface area contributed by atoms with Crippen molar-refractivity contribution in [3.05, 3.63) is 27.5 Å². The van der Waals surface area contributed by atoms with E-state index in [9.17, 15) is 4.79 Å². The van der Waals surface area contributed by atoms with Crippen molar-refractivity contribution in [1.82, 2.24) is 0 Å². The molecular weight excluding hydrogens is 196 g/mol. The monoisotopic (exact) mass is 210 g/mol. The van der Waals surface area contributed by atoms with Gasteiger partial charge >= 0.3 is 5.97 Å². The summed E-state index contributed by atoms with van der Waals surface area (Å²) in [5.41, 5.74) is 1.10. The lowest BCUT2D eigenvalue weighted by molar-refractivity contribution is -0.137. The molecular formula is C11H14O2S. The SMILES string of the molecule is CCOC(=O)/C=C/c1cc(C)sc1C. The van der Waals surface area contributed by atoms with Gasteiger partial charge in [-0.3, -0.25) is 0 Å². The van der Waals surface area contributed by atoms with Crippen molar-refractivity contribution in [3.63, 3.8) is 0 Å². The van der Waals surface area contributed by atoms with Crippen LogP contribution in [0.2, 0.25) is 0 Å². The molecule has 14 heavy (non-hydrogen) atoms. The highest BCUT2D eigenvalue weighted by atomic mass is 32.1. The van der Waals surface area contributed by atoms with E-state index < -0.39 is 0 Å². The highest BCUT2D eigenvalue weighted by molar-refractivity contribution is 7.12. The standard InChI is InChI=1S/C11H14O2S/c1-4-13-11(12)6-5-10-7-8(2)14-9(10)3/h5-7H,4H2,1-3H3/b6-5+. The van der Waals surface area contributed by atoms with Gasteiger partial charge in [-0.05, 0) is 38.5 Å². The summed E-state index contributed by atoms with van der Waals surface area (Å²) in [6.45, 7) is 6.32. The summed E-state index contributed by atoms with van der Waals surface area (Å²) in [5.74, 6) is -0.282. The van der Waals surface area contributed by atoms with E-state index in [0.717, 1.165) is 5.56 Å². The van der Waals surface area contributed by atoms with Gasteiger partial charge in [-0.2, -0.15) is 0 Å². The molecule has 2 nitrogen and oxygen atoms in total. The number of hydrogen-bond donors (Lipinski definition) is 0. The van der Waals surface area contributed by atoms with Crippen molar-refractivity contribution in [1.29, 1.82) is 0 Å². The van der Waals surface area contributed by atoms with Gasteiger partial charge in [0.25, 0.3) is 0 Å².